The Morgan fingerprint density at radius 2 is 1.60 bits per heavy atom. The van der Waals surface area contributed by atoms with Crippen molar-refractivity contribution in [3.8, 4) is 11.1 Å². The topological polar surface area (TPSA) is 80.7 Å². The third-order valence-corrected chi connectivity index (χ3v) is 5.04. The van der Waals surface area contributed by atoms with E-state index in [9.17, 15) is 18.7 Å². The molecule has 0 fully saturated rings. The van der Waals surface area contributed by atoms with Crippen molar-refractivity contribution in [2.75, 3.05) is 4.31 Å². The summed E-state index contributed by atoms with van der Waals surface area (Å²) in [4.78, 5) is 11.6. The minimum Gasteiger partial charge on any atom is -0.755 e. The van der Waals surface area contributed by atoms with Gasteiger partial charge in [0.1, 0.15) is 6.04 Å². The summed E-state index contributed by atoms with van der Waals surface area (Å²) in [7, 11) is 0. The summed E-state index contributed by atoms with van der Waals surface area (Å²) >= 11 is 0.703. The van der Waals surface area contributed by atoms with Gasteiger partial charge >= 0.3 is 5.97 Å². The van der Waals surface area contributed by atoms with Crippen LogP contribution in [0.5, 0.6) is 0 Å². The molecule has 0 saturated heterocycles. The maximum absolute atomic E-state index is 11.7. The highest BCUT2D eigenvalue weighted by Crippen LogP contribution is 2.27. The number of hydrogen-bond acceptors (Lipinski definition) is 3. The van der Waals surface area contributed by atoms with Crippen LogP contribution < -0.4 is 4.31 Å². The Morgan fingerprint density at radius 1 is 1.12 bits per heavy atom. The molecule has 0 heterocycles. The Bertz CT molecular complexity index is 747. The number of aliphatic carboxylic acids is 1. The number of anilines is 1. The molecule has 25 heavy (non-hydrogen) atoms. The molecule has 0 spiro atoms. The SMILES string of the molecule is CC(C)CC(C(=O)O)N(c1ccc(-c2ccc(Br)cc2)cc1)S(=O)[O-]. The average molecular weight is 425 g/mol. The van der Waals surface area contributed by atoms with Gasteiger partial charge in [0.25, 0.3) is 0 Å². The van der Waals surface area contributed by atoms with Crippen LogP contribution in [0.3, 0.4) is 0 Å². The molecule has 5 nitrogen and oxygen atoms in total. The highest BCUT2D eigenvalue weighted by atomic mass is 79.9. The zero-order valence-electron chi connectivity index (χ0n) is 13.9. The Balaban J connectivity index is 2.34. The fraction of sp³-hybridized carbons (Fsp3) is 0.278. The van der Waals surface area contributed by atoms with Gasteiger partial charge in [-0.2, -0.15) is 0 Å². The monoisotopic (exact) mass is 424 g/mol. The van der Waals surface area contributed by atoms with Gasteiger partial charge in [0.15, 0.2) is 0 Å². The lowest BCUT2D eigenvalue weighted by molar-refractivity contribution is -0.138. The molecule has 0 bridgehead atoms. The number of rotatable bonds is 7. The number of carboxylic acids is 1. The summed E-state index contributed by atoms with van der Waals surface area (Å²) in [5, 5.41) is 9.44. The van der Waals surface area contributed by atoms with Gasteiger partial charge in [-0.25, -0.2) is 4.79 Å². The molecule has 0 aromatic heterocycles. The molecular formula is C18H19BrNO4S-. The smallest absolute Gasteiger partial charge is 0.327 e. The Labute approximate surface area is 158 Å². The van der Waals surface area contributed by atoms with Gasteiger partial charge in [0.05, 0.1) is 0 Å². The molecule has 0 aliphatic rings. The third-order valence-electron chi connectivity index (χ3n) is 3.72. The first-order chi connectivity index (χ1) is 11.8. The number of carboxylic acid groups (broad SMARTS) is 1. The lowest BCUT2D eigenvalue weighted by Crippen LogP contribution is -2.43. The molecule has 2 rings (SSSR count). The van der Waals surface area contributed by atoms with E-state index in [-0.39, 0.29) is 12.3 Å². The van der Waals surface area contributed by atoms with E-state index in [0.717, 1.165) is 19.9 Å². The Kier molecular flexibility index (Phi) is 6.75. The lowest BCUT2D eigenvalue weighted by Gasteiger charge is -2.33. The van der Waals surface area contributed by atoms with E-state index in [2.05, 4.69) is 15.9 Å². The second kappa shape index (κ2) is 8.60. The number of benzene rings is 2. The molecule has 2 aromatic carbocycles. The van der Waals surface area contributed by atoms with Crippen LogP contribution in [0.1, 0.15) is 20.3 Å². The van der Waals surface area contributed by atoms with E-state index < -0.39 is 23.3 Å². The number of halogens is 1. The molecule has 2 unspecified atom stereocenters. The summed E-state index contributed by atoms with van der Waals surface area (Å²) in [6.45, 7) is 3.72. The summed E-state index contributed by atoms with van der Waals surface area (Å²) in [6.07, 6.45) is 0.234. The Hall–Kier alpha value is -1.70. The zero-order chi connectivity index (χ0) is 18.6. The third kappa shape index (κ3) is 5.14. The van der Waals surface area contributed by atoms with Gasteiger partial charge in [-0.05, 0) is 47.7 Å². The first-order valence-corrected chi connectivity index (χ1v) is 9.59. The van der Waals surface area contributed by atoms with Crippen molar-refractivity contribution >= 4 is 38.9 Å². The molecule has 2 aromatic rings. The highest BCUT2D eigenvalue weighted by Gasteiger charge is 2.28. The van der Waals surface area contributed by atoms with Crippen LogP contribution in [0.4, 0.5) is 5.69 Å². The zero-order valence-corrected chi connectivity index (χ0v) is 16.3. The molecule has 0 radical (unpaired) electrons. The van der Waals surface area contributed by atoms with Crippen molar-refractivity contribution < 1.29 is 18.7 Å². The second-order valence-electron chi connectivity index (χ2n) is 6.08. The minimum atomic E-state index is -2.68. The lowest BCUT2D eigenvalue weighted by atomic mass is 10.0. The number of carbonyl (C=O) groups is 1. The van der Waals surface area contributed by atoms with Gasteiger partial charge in [-0.3, -0.25) is 8.51 Å². The van der Waals surface area contributed by atoms with Crippen molar-refractivity contribution in [1.29, 1.82) is 0 Å². The molecular weight excluding hydrogens is 406 g/mol. The quantitative estimate of drug-likeness (QED) is 0.674. The van der Waals surface area contributed by atoms with Gasteiger partial charge in [-0.15, -0.1) is 0 Å². The maximum Gasteiger partial charge on any atom is 0.327 e. The van der Waals surface area contributed by atoms with Gasteiger partial charge in [0, 0.05) is 21.4 Å². The fourth-order valence-corrected chi connectivity index (χ4v) is 3.50. The minimum absolute atomic E-state index is 0.0502. The molecule has 2 atom stereocenters. The van der Waals surface area contributed by atoms with E-state index >= 15 is 0 Å². The van der Waals surface area contributed by atoms with Crippen LogP contribution >= 0.6 is 15.9 Å². The van der Waals surface area contributed by atoms with Crippen molar-refractivity contribution in [1.82, 2.24) is 0 Å². The van der Waals surface area contributed by atoms with Crippen LogP contribution in [0.15, 0.2) is 53.0 Å². The average Bonchev–Trinajstić information content (AvgIpc) is 2.55. The molecule has 0 aliphatic carbocycles. The van der Waals surface area contributed by atoms with E-state index in [1.807, 2.05) is 38.1 Å². The molecule has 0 amide bonds. The van der Waals surface area contributed by atoms with Crippen molar-refractivity contribution in [3.63, 3.8) is 0 Å². The van der Waals surface area contributed by atoms with Crippen molar-refractivity contribution in [2.45, 2.75) is 26.3 Å². The second-order valence-corrected chi connectivity index (χ2v) is 7.82. The van der Waals surface area contributed by atoms with Crippen molar-refractivity contribution in [3.05, 3.63) is 53.0 Å². The predicted molar refractivity (Wildman–Crippen MR) is 102 cm³/mol. The number of nitrogens with zero attached hydrogens (tertiary/aromatic N) is 1. The van der Waals surface area contributed by atoms with E-state index in [1.54, 1.807) is 24.3 Å². The summed E-state index contributed by atoms with van der Waals surface area (Å²) in [5.74, 6) is -1.11. The van der Waals surface area contributed by atoms with Gasteiger partial charge in [0.2, 0.25) is 0 Å². The van der Waals surface area contributed by atoms with Crippen LogP contribution in [0, 0.1) is 5.92 Å². The van der Waals surface area contributed by atoms with Gasteiger partial charge < -0.3 is 9.66 Å². The Morgan fingerprint density at radius 3 is 2.00 bits per heavy atom. The molecule has 1 N–H and O–H groups in total. The van der Waals surface area contributed by atoms with E-state index in [1.165, 1.54) is 0 Å². The predicted octanol–water partition coefficient (Wildman–Crippen LogP) is 4.22. The molecule has 134 valence electrons. The van der Waals surface area contributed by atoms with Gasteiger partial charge in [-0.1, -0.05) is 54.0 Å². The normalized spacial score (nSPS) is 13.5. The van der Waals surface area contributed by atoms with E-state index in [4.69, 9.17) is 0 Å². The van der Waals surface area contributed by atoms with E-state index in [0.29, 0.717) is 5.69 Å². The summed E-state index contributed by atoms with van der Waals surface area (Å²) in [5.41, 5.74) is 2.24. The molecule has 0 aliphatic heterocycles. The summed E-state index contributed by atoms with van der Waals surface area (Å²) in [6, 6.07) is 13.4. The van der Waals surface area contributed by atoms with Crippen LogP contribution in [-0.4, -0.2) is 25.9 Å². The van der Waals surface area contributed by atoms with Crippen LogP contribution in [-0.2, 0) is 16.1 Å². The molecule has 0 saturated carbocycles. The molecule has 7 heteroatoms. The van der Waals surface area contributed by atoms with Crippen LogP contribution in [0.25, 0.3) is 11.1 Å². The fourth-order valence-electron chi connectivity index (χ4n) is 2.56. The van der Waals surface area contributed by atoms with Crippen molar-refractivity contribution in [2.24, 2.45) is 5.92 Å². The first-order valence-electron chi connectivity index (χ1n) is 7.77. The highest BCUT2D eigenvalue weighted by molar-refractivity contribution is 9.10. The first kappa shape index (κ1) is 19.6. The maximum atomic E-state index is 11.7. The largest absolute Gasteiger partial charge is 0.755 e. The summed E-state index contributed by atoms with van der Waals surface area (Å²) < 4.78 is 25.2. The standard InChI is InChI=1S/C18H20BrNO4S/c1-12(2)11-17(18(21)22)20(25(23)24)16-9-5-14(6-10-16)13-3-7-15(19)8-4-13/h3-10,12,17H,11H2,1-2H3,(H,21,22)(H,23,24)/p-1. The van der Waals surface area contributed by atoms with Crippen LogP contribution in [0.2, 0.25) is 0 Å². The number of hydrogen-bond donors (Lipinski definition) is 1.